The summed E-state index contributed by atoms with van der Waals surface area (Å²) in [5, 5.41) is 19.6. The third kappa shape index (κ3) is 7.79. The van der Waals surface area contributed by atoms with Crippen molar-refractivity contribution in [3.05, 3.63) is 89.1 Å². The fourth-order valence-corrected chi connectivity index (χ4v) is 3.11. The second-order valence-electron chi connectivity index (χ2n) is 7.38. The van der Waals surface area contributed by atoms with Crippen LogP contribution in [0.2, 0.25) is 0 Å². The first-order chi connectivity index (χ1) is 16.2. The zero-order chi connectivity index (χ0) is 23.3. The summed E-state index contributed by atoms with van der Waals surface area (Å²) in [6.07, 6.45) is 12.3. The molecule has 170 valence electrons. The highest BCUT2D eigenvalue weighted by molar-refractivity contribution is 5.65. The molecule has 0 saturated heterocycles. The fraction of sp³-hybridized carbons (Fsp3) is 0.250. The molecule has 0 unspecified atom stereocenters. The topological polar surface area (TPSA) is 127 Å². The summed E-state index contributed by atoms with van der Waals surface area (Å²) < 4.78 is 1.73. The van der Waals surface area contributed by atoms with E-state index >= 15 is 0 Å². The number of pyridine rings is 1. The smallest absolute Gasteiger partial charge is 0.271 e. The van der Waals surface area contributed by atoms with Gasteiger partial charge in [-0.25, -0.2) is 4.98 Å². The van der Waals surface area contributed by atoms with E-state index in [0.29, 0.717) is 17.8 Å². The van der Waals surface area contributed by atoms with E-state index in [9.17, 15) is 4.79 Å². The van der Waals surface area contributed by atoms with E-state index in [0.717, 1.165) is 37.1 Å². The number of nitriles is 1. The molecule has 0 spiro atoms. The monoisotopic (exact) mass is 444 g/mol. The zero-order valence-electron chi connectivity index (χ0n) is 18.6. The van der Waals surface area contributed by atoms with Gasteiger partial charge in [0.05, 0.1) is 24.2 Å². The van der Waals surface area contributed by atoms with Crippen LogP contribution in [0.4, 0.5) is 5.69 Å². The number of hydrogen-bond acceptors (Lipinski definition) is 6. The largest absolute Gasteiger partial charge is 0.381 e. The van der Waals surface area contributed by atoms with Gasteiger partial charge in [0.2, 0.25) is 0 Å². The highest BCUT2D eigenvalue weighted by Crippen LogP contribution is 2.18. The standard InChI is InChI=1S/C21H24N6O.C3H4N2/c1-27-15-19(14-26-27)18-11-20(21(28)25-13-18)24-9-2-8-23-10-7-16-3-5-17(12-22)6-4-16;1-2-5-3-4-1/h3-6,11,13-15,23-24H,2,7-10H2,1H3,(H,25,28);1-3H,(H,4,5). The number of nitrogens with zero attached hydrogens (tertiary/aromatic N) is 4. The average molecular weight is 445 g/mol. The minimum Gasteiger partial charge on any atom is -0.381 e. The molecule has 9 heteroatoms. The van der Waals surface area contributed by atoms with Gasteiger partial charge in [-0.1, -0.05) is 12.1 Å². The van der Waals surface area contributed by atoms with Gasteiger partial charge < -0.3 is 20.6 Å². The van der Waals surface area contributed by atoms with Gasteiger partial charge in [-0.05, 0) is 49.7 Å². The molecule has 3 heterocycles. The highest BCUT2D eigenvalue weighted by atomic mass is 16.1. The molecule has 3 aromatic heterocycles. The molecule has 33 heavy (non-hydrogen) atoms. The van der Waals surface area contributed by atoms with Crippen LogP contribution in [0.25, 0.3) is 11.1 Å². The maximum atomic E-state index is 12.0. The fourth-order valence-electron chi connectivity index (χ4n) is 3.11. The number of hydrogen-bond donors (Lipinski definition) is 4. The number of H-pyrrole nitrogens is 2. The summed E-state index contributed by atoms with van der Waals surface area (Å²) in [5.41, 5.74) is 4.23. The third-order valence-corrected chi connectivity index (χ3v) is 4.87. The zero-order valence-corrected chi connectivity index (χ0v) is 18.6. The van der Waals surface area contributed by atoms with E-state index < -0.39 is 0 Å². The van der Waals surface area contributed by atoms with Gasteiger partial charge in [-0.3, -0.25) is 9.48 Å². The van der Waals surface area contributed by atoms with Crippen LogP contribution in [-0.4, -0.2) is 44.4 Å². The molecule has 0 aliphatic rings. The summed E-state index contributed by atoms with van der Waals surface area (Å²) in [6.45, 7) is 2.45. The summed E-state index contributed by atoms with van der Waals surface area (Å²) in [7, 11) is 1.86. The van der Waals surface area contributed by atoms with Crippen LogP contribution in [0.1, 0.15) is 17.5 Å². The summed E-state index contributed by atoms with van der Waals surface area (Å²) in [4.78, 5) is 21.2. The van der Waals surface area contributed by atoms with Crippen LogP contribution in [-0.2, 0) is 13.5 Å². The minimum absolute atomic E-state index is 0.124. The van der Waals surface area contributed by atoms with Crippen LogP contribution >= 0.6 is 0 Å². The van der Waals surface area contributed by atoms with E-state index in [2.05, 4.69) is 36.8 Å². The molecule has 0 aliphatic carbocycles. The van der Waals surface area contributed by atoms with Crippen molar-refractivity contribution in [2.45, 2.75) is 12.8 Å². The number of aryl methyl sites for hydroxylation is 1. The molecule has 0 bridgehead atoms. The van der Waals surface area contributed by atoms with Crippen LogP contribution < -0.4 is 16.2 Å². The van der Waals surface area contributed by atoms with Crippen molar-refractivity contribution in [1.82, 2.24) is 30.0 Å². The maximum Gasteiger partial charge on any atom is 0.271 e. The molecule has 9 nitrogen and oxygen atoms in total. The normalized spacial score (nSPS) is 10.2. The molecular formula is C24H28N8O. The average Bonchev–Trinajstić information content (AvgIpc) is 3.55. The quantitative estimate of drug-likeness (QED) is 0.294. The van der Waals surface area contributed by atoms with Crippen molar-refractivity contribution >= 4 is 5.69 Å². The highest BCUT2D eigenvalue weighted by Gasteiger charge is 2.05. The van der Waals surface area contributed by atoms with E-state index in [1.165, 1.54) is 5.56 Å². The number of rotatable bonds is 9. The number of benzene rings is 1. The van der Waals surface area contributed by atoms with Crippen LogP contribution in [0, 0.1) is 11.3 Å². The lowest BCUT2D eigenvalue weighted by Crippen LogP contribution is -2.22. The predicted molar refractivity (Wildman–Crippen MR) is 129 cm³/mol. The molecule has 0 radical (unpaired) electrons. The number of nitrogens with one attached hydrogen (secondary N) is 4. The second-order valence-corrected chi connectivity index (χ2v) is 7.38. The Morgan fingerprint density at radius 2 is 2.00 bits per heavy atom. The molecule has 1 aromatic carbocycles. The van der Waals surface area contributed by atoms with Crippen LogP contribution in [0.15, 0.2) is 72.4 Å². The van der Waals surface area contributed by atoms with Gasteiger partial charge in [0.1, 0.15) is 5.69 Å². The molecule has 0 amide bonds. The lowest BCUT2D eigenvalue weighted by Gasteiger charge is -2.08. The van der Waals surface area contributed by atoms with E-state index in [1.807, 2.05) is 43.6 Å². The van der Waals surface area contributed by atoms with Crippen molar-refractivity contribution in [3.63, 3.8) is 0 Å². The number of anilines is 1. The molecule has 4 rings (SSSR count). The van der Waals surface area contributed by atoms with Gasteiger partial charge in [-0.15, -0.1) is 0 Å². The van der Waals surface area contributed by atoms with Gasteiger partial charge in [-0.2, -0.15) is 10.4 Å². The van der Waals surface area contributed by atoms with Gasteiger partial charge in [0.15, 0.2) is 0 Å². The number of imidazole rings is 1. The second kappa shape index (κ2) is 12.6. The Labute approximate surface area is 192 Å². The summed E-state index contributed by atoms with van der Waals surface area (Å²) >= 11 is 0. The molecular weight excluding hydrogens is 416 g/mol. The Bertz CT molecular complexity index is 1170. The number of aromatic nitrogens is 5. The lowest BCUT2D eigenvalue weighted by atomic mass is 10.1. The van der Waals surface area contributed by atoms with E-state index in [1.54, 1.807) is 35.8 Å². The summed E-state index contributed by atoms with van der Waals surface area (Å²) in [6, 6.07) is 11.6. The van der Waals surface area contributed by atoms with Gasteiger partial charge in [0, 0.05) is 49.5 Å². The predicted octanol–water partition coefficient (Wildman–Crippen LogP) is 2.69. The van der Waals surface area contributed by atoms with Crippen molar-refractivity contribution in [2.24, 2.45) is 7.05 Å². The van der Waals surface area contributed by atoms with Gasteiger partial charge in [0.25, 0.3) is 5.56 Å². The van der Waals surface area contributed by atoms with Crippen molar-refractivity contribution in [2.75, 3.05) is 25.0 Å². The Balaban J connectivity index is 0.000000541. The maximum absolute atomic E-state index is 12.0. The van der Waals surface area contributed by atoms with Crippen molar-refractivity contribution in [1.29, 1.82) is 5.26 Å². The molecule has 0 saturated carbocycles. The molecule has 4 aromatic rings. The van der Waals surface area contributed by atoms with Crippen LogP contribution in [0.5, 0.6) is 0 Å². The lowest BCUT2D eigenvalue weighted by molar-refractivity contribution is 0.660. The van der Waals surface area contributed by atoms with Crippen molar-refractivity contribution < 1.29 is 0 Å². The third-order valence-electron chi connectivity index (χ3n) is 4.87. The molecule has 0 fully saturated rings. The Morgan fingerprint density at radius 1 is 1.15 bits per heavy atom. The van der Waals surface area contributed by atoms with Crippen LogP contribution in [0.3, 0.4) is 0 Å². The molecule has 4 N–H and O–H groups in total. The first-order valence-electron chi connectivity index (χ1n) is 10.7. The van der Waals surface area contributed by atoms with Crippen molar-refractivity contribution in [3.8, 4) is 17.2 Å². The Kier molecular flexibility index (Phi) is 9.00. The first-order valence-corrected chi connectivity index (χ1v) is 10.7. The summed E-state index contributed by atoms with van der Waals surface area (Å²) in [5.74, 6) is 0. The number of aromatic amines is 2. The first kappa shape index (κ1) is 23.5. The SMILES string of the molecule is Cn1cc(-c2c[nH]c(=O)c(NCCCNCCc3ccc(C#N)cc3)c2)cn1.c1c[nH]cn1. The van der Waals surface area contributed by atoms with E-state index in [4.69, 9.17) is 5.26 Å². The molecule has 0 atom stereocenters. The van der Waals surface area contributed by atoms with E-state index in [-0.39, 0.29) is 5.56 Å². The Hall–Kier alpha value is -4.16. The Morgan fingerprint density at radius 3 is 2.64 bits per heavy atom. The van der Waals surface area contributed by atoms with Gasteiger partial charge >= 0.3 is 0 Å². The minimum atomic E-state index is -0.124. The molecule has 0 aliphatic heterocycles.